The van der Waals surface area contributed by atoms with E-state index in [2.05, 4.69) is 10.3 Å². The molecule has 0 saturated heterocycles. The standard InChI is InChI=1S/C19H20N2O4/c22-11-18(24)17(23)10-20-14-7-6-13-8-16(12-4-2-1-3-5-12)21-19(25)15(13)9-14/h1-9,17-18,20,22-24H,10-11H2,(H,21,25)/t17-,18+/m0/s1. The number of anilines is 1. The maximum atomic E-state index is 12.4. The van der Waals surface area contributed by atoms with Gasteiger partial charge in [0.15, 0.2) is 0 Å². The highest BCUT2D eigenvalue weighted by molar-refractivity contribution is 5.87. The number of aliphatic hydroxyl groups is 3. The number of fused-ring (bicyclic) bond motifs is 1. The van der Waals surface area contributed by atoms with Crippen molar-refractivity contribution in [3.8, 4) is 11.3 Å². The summed E-state index contributed by atoms with van der Waals surface area (Å²) in [5.41, 5.74) is 2.13. The molecule has 2 aromatic carbocycles. The van der Waals surface area contributed by atoms with Crippen molar-refractivity contribution in [2.75, 3.05) is 18.5 Å². The monoisotopic (exact) mass is 340 g/mol. The third kappa shape index (κ3) is 3.88. The summed E-state index contributed by atoms with van der Waals surface area (Å²) in [6.07, 6.45) is -2.30. The average molecular weight is 340 g/mol. The zero-order chi connectivity index (χ0) is 17.8. The van der Waals surface area contributed by atoms with Crippen molar-refractivity contribution >= 4 is 16.5 Å². The van der Waals surface area contributed by atoms with Crippen LogP contribution >= 0.6 is 0 Å². The van der Waals surface area contributed by atoms with Crippen LogP contribution in [0.5, 0.6) is 0 Å². The van der Waals surface area contributed by atoms with Gasteiger partial charge in [-0.25, -0.2) is 0 Å². The lowest BCUT2D eigenvalue weighted by Crippen LogP contribution is -2.35. The first-order valence-corrected chi connectivity index (χ1v) is 8.02. The SMILES string of the molecule is O=c1[nH]c(-c2ccccc2)cc2ccc(NC[C@H](O)[C@H](O)CO)cc12. The second kappa shape index (κ2) is 7.48. The molecule has 0 radical (unpaired) electrons. The zero-order valence-electron chi connectivity index (χ0n) is 13.5. The van der Waals surface area contributed by atoms with E-state index < -0.39 is 18.8 Å². The number of aromatic amines is 1. The molecule has 0 aliphatic heterocycles. The van der Waals surface area contributed by atoms with Gasteiger partial charge in [-0.1, -0.05) is 36.4 Å². The van der Waals surface area contributed by atoms with E-state index in [-0.39, 0.29) is 12.1 Å². The van der Waals surface area contributed by atoms with Crippen molar-refractivity contribution in [3.63, 3.8) is 0 Å². The molecule has 0 aliphatic carbocycles. The van der Waals surface area contributed by atoms with Crippen LogP contribution in [-0.2, 0) is 0 Å². The summed E-state index contributed by atoms with van der Waals surface area (Å²) in [6.45, 7) is -0.449. The number of H-pyrrole nitrogens is 1. The Morgan fingerprint density at radius 1 is 1.00 bits per heavy atom. The molecule has 0 aliphatic rings. The molecule has 0 amide bonds. The summed E-state index contributed by atoms with van der Waals surface area (Å²) < 4.78 is 0. The van der Waals surface area contributed by atoms with Crippen molar-refractivity contribution in [1.82, 2.24) is 4.98 Å². The molecule has 0 spiro atoms. The number of aliphatic hydroxyl groups excluding tert-OH is 3. The minimum Gasteiger partial charge on any atom is -0.394 e. The van der Waals surface area contributed by atoms with Crippen molar-refractivity contribution in [1.29, 1.82) is 0 Å². The fraction of sp³-hybridized carbons (Fsp3) is 0.211. The van der Waals surface area contributed by atoms with Crippen LogP contribution in [-0.4, -0.2) is 45.7 Å². The van der Waals surface area contributed by atoms with Crippen LogP contribution < -0.4 is 10.9 Å². The van der Waals surface area contributed by atoms with Gasteiger partial charge in [0.1, 0.15) is 6.10 Å². The van der Waals surface area contributed by atoms with Gasteiger partial charge in [-0.3, -0.25) is 4.79 Å². The second-order valence-corrected chi connectivity index (χ2v) is 5.88. The lowest BCUT2D eigenvalue weighted by atomic mass is 10.1. The average Bonchev–Trinajstić information content (AvgIpc) is 2.66. The molecule has 6 heteroatoms. The molecule has 2 atom stereocenters. The molecule has 25 heavy (non-hydrogen) atoms. The van der Waals surface area contributed by atoms with Crippen LogP contribution in [0.15, 0.2) is 59.4 Å². The summed E-state index contributed by atoms with van der Waals surface area (Å²) in [5, 5.41) is 32.1. The Balaban J connectivity index is 1.86. The lowest BCUT2D eigenvalue weighted by molar-refractivity contribution is -0.00700. The van der Waals surface area contributed by atoms with E-state index >= 15 is 0 Å². The third-order valence-corrected chi connectivity index (χ3v) is 4.08. The van der Waals surface area contributed by atoms with E-state index in [1.54, 1.807) is 12.1 Å². The van der Waals surface area contributed by atoms with Crippen LogP contribution in [0.3, 0.4) is 0 Å². The highest BCUT2D eigenvalue weighted by Gasteiger charge is 2.14. The molecule has 0 fully saturated rings. The van der Waals surface area contributed by atoms with Crippen LogP contribution in [0.4, 0.5) is 5.69 Å². The number of rotatable bonds is 6. The van der Waals surface area contributed by atoms with E-state index in [1.165, 1.54) is 0 Å². The van der Waals surface area contributed by atoms with E-state index in [9.17, 15) is 15.0 Å². The first kappa shape index (κ1) is 17.2. The van der Waals surface area contributed by atoms with Crippen molar-refractivity contribution in [2.45, 2.75) is 12.2 Å². The number of benzene rings is 2. The van der Waals surface area contributed by atoms with E-state index in [0.29, 0.717) is 11.1 Å². The van der Waals surface area contributed by atoms with Crippen LogP contribution in [0.25, 0.3) is 22.0 Å². The molecule has 6 nitrogen and oxygen atoms in total. The quantitative estimate of drug-likeness (QED) is 0.465. The smallest absolute Gasteiger partial charge is 0.256 e. The first-order chi connectivity index (χ1) is 12.1. The zero-order valence-corrected chi connectivity index (χ0v) is 13.5. The van der Waals surface area contributed by atoms with Gasteiger partial charge in [0.2, 0.25) is 0 Å². The number of hydrogen-bond donors (Lipinski definition) is 5. The van der Waals surface area contributed by atoms with Gasteiger partial charge in [0.05, 0.1) is 12.7 Å². The minimum absolute atomic E-state index is 0.0627. The fourth-order valence-electron chi connectivity index (χ4n) is 2.62. The van der Waals surface area contributed by atoms with Gasteiger partial charge < -0.3 is 25.6 Å². The molecule has 0 bridgehead atoms. The van der Waals surface area contributed by atoms with Crippen molar-refractivity contribution < 1.29 is 15.3 Å². The largest absolute Gasteiger partial charge is 0.394 e. The molecule has 3 rings (SSSR count). The Morgan fingerprint density at radius 2 is 1.76 bits per heavy atom. The Kier molecular flexibility index (Phi) is 5.14. The fourth-order valence-corrected chi connectivity index (χ4v) is 2.62. The van der Waals surface area contributed by atoms with Crippen LogP contribution in [0, 0.1) is 0 Å². The Labute approximate surface area is 144 Å². The van der Waals surface area contributed by atoms with Gasteiger partial charge in [-0.2, -0.15) is 0 Å². The Bertz CT molecular complexity index is 908. The van der Waals surface area contributed by atoms with Crippen molar-refractivity contribution in [2.24, 2.45) is 0 Å². The molecule has 5 N–H and O–H groups in total. The van der Waals surface area contributed by atoms with Gasteiger partial charge in [0.25, 0.3) is 5.56 Å². The van der Waals surface area contributed by atoms with Gasteiger partial charge in [-0.05, 0) is 29.1 Å². The predicted molar refractivity (Wildman–Crippen MR) is 97.6 cm³/mol. The first-order valence-electron chi connectivity index (χ1n) is 8.02. The molecule has 3 aromatic rings. The maximum Gasteiger partial charge on any atom is 0.256 e. The van der Waals surface area contributed by atoms with Gasteiger partial charge in [-0.15, -0.1) is 0 Å². The second-order valence-electron chi connectivity index (χ2n) is 5.88. The molecule has 0 unspecified atom stereocenters. The van der Waals surface area contributed by atoms with Gasteiger partial charge >= 0.3 is 0 Å². The predicted octanol–water partition coefficient (Wildman–Crippen LogP) is 1.32. The van der Waals surface area contributed by atoms with E-state index in [4.69, 9.17) is 5.11 Å². The minimum atomic E-state index is -1.20. The van der Waals surface area contributed by atoms with Crippen LogP contribution in [0.1, 0.15) is 0 Å². The Morgan fingerprint density at radius 3 is 2.48 bits per heavy atom. The van der Waals surface area contributed by atoms with E-state index in [1.807, 2.05) is 42.5 Å². The summed E-state index contributed by atoms with van der Waals surface area (Å²) in [4.78, 5) is 15.3. The van der Waals surface area contributed by atoms with Gasteiger partial charge in [0, 0.05) is 23.3 Å². The topological polar surface area (TPSA) is 106 Å². The number of hydrogen-bond acceptors (Lipinski definition) is 5. The third-order valence-electron chi connectivity index (χ3n) is 4.08. The highest BCUT2D eigenvalue weighted by atomic mass is 16.4. The van der Waals surface area contributed by atoms with E-state index in [0.717, 1.165) is 16.6 Å². The normalized spacial score (nSPS) is 13.6. The summed E-state index contributed by atoms with van der Waals surface area (Å²) in [5.74, 6) is 0. The summed E-state index contributed by atoms with van der Waals surface area (Å²) >= 11 is 0. The molecule has 1 aromatic heterocycles. The molecular formula is C19H20N2O4. The highest BCUT2D eigenvalue weighted by Crippen LogP contribution is 2.22. The number of pyridine rings is 1. The Hall–Kier alpha value is -2.67. The molecule has 130 valence electrons. The maximum absolute atomic E-state index is 12.4. The number of aromatic nitrogens is 1. The van der Waals surface area contributed by atoms with Crippen LogP contribution in [0.2, 0.25) is 0 Å². The summed E-state index contributed by atoms with van der Waals surface area (Å²) in [7, 11) is 0. The lowest BCUT2D eigenvalue weighted by Gasteiger charge is -2.17. The molecular weight excluding hydrogens is 320 g/mol. The van der Waals surface area contributed by atoms with Crippen molar-refractivity contribution in [3.05, 3.63) is 65.0 Å². The molecule has 1 heterocycles. The summed E-state index contributed by atoms with van der Waals surface area (Å²) in [6, 6.07) is 16.8. The molecule has 0 saturated carbocycles. The number of nitrogens with one attached hydrogen (secondary N) is 2.